The fourth-order valence-electron chi connectivity index (χ4n) is 7.02. The van der Waals surface area contributed by atoms with Crippen molar-refractivity contribution in [3.8, 4) is 56.1 Å². The third kappa shape index (κ3) is 17.5. The number of carbonyl (C=O) groups excluding carboxylic acids is 1. The van der Waals surface area contributed by atoms with Gasteiger partial charge < -0.3 is 4.79 Å². The zero-order valence-corrected chi connectivity index (χ0v) is 44.6. The molecule has 6 heterocycles. The molecule has 412 valence electrons. The van der Waals surface area contributed by atoms with Gasteiger partial charge in [-0.1, -0.05) is 59.7 Å². The molecule has 10 aromatic rings. The van der Waals surface area contributed by atoms with Crippen LogP contribution in [0.4, 0.5) is 26.3 Å². The van der Waals surface area contributed by atoms with Crippen molar-refractivity contribution >= 4 is 25.8 Å². The summed E-state index contributed by atoms with van der Waals surface area (Å²) in [6, 6.07) is 42.0. The van der Waals surface area contributed by atoms with E-state index in [2.05, 4.69) is 30.1 Å². The van der Waals surface area contributed by atoms with Crippen LogP contribution in [0.3, 0.4) is 0 Å². The SMILES string of the molecule is CC(C)=O.Cc1ccc(-c2cc(C(F)(F)F)nn2-c2ccc(S(N)(=O)=O)cc2)cc1.Cc1ccc(-c2cc(C(F)(F)F)nn2-c2ccc(S(N)(=O)=O)cc2)cc1.c1cc(-c2ccncc2)ccn1.c1cc(-c2ccncc2)ccn1. The van der Waals surface area contributed by atoms with Crippen molar-refractivity contribution in [3.05, 3.63) is 230 Å². The van der Waals surface area contributed by atoms with Crippen LogP contribution in [-0.4, -0.2) is 62.1 Å². The van der Waals surface area contributed by atoms with Gasteiger partial charge in [-0.2, -0.15) is 36.5 Å². The monoisotopic (exact) mass is 1130 g/mol. The van der Waals surface area contributed by atoms with Gasteiger partial charge in [-0.15, -0.1) is 0 Å². The Kier molecular flexibility index (Phi) is 20.0. The van der Waals surface area contributed by atoms with Gasteiger partial charge in [-0.25, -0.2) is 36.5 Å². The number of hydrogen-bond acceptors (Lipinski definition) is 11. The predicted molar refractivity (Wildman–Crippen MR) is 292 cm³/mol. The molecule has 0 unspecified atom stereocenters. The Morgan fingerprint density at radius 3 is 0.850 bits per heavy atom. The second kappa shape index (κ2) is 26.5. The van der Waals surface area contributed by atoms with E-state index in [9.17, 15) is 48.0 Å². The van der Waals surface area contributed by atoms with E-state index in [1.165, 1.54) is 84.6 Å². The van der Waals surface area contributed by atoms with Crippen LogP contribution in [0.15, 0.2) is 217 Å². The summed E-state index contributed by atoms with van der Waals surface area (Å²) in [4.78, 5) is 25.0. The number of aromatic nitrogens is 8. The minimum Gasteiger partial charge on any atom is -0.300 e. The van der Waals surface area contributed by atoms with Gasteiger partial charge in [0.05, 0.1) is 32.6 Å². The third-order valence-corrected chi connectivity index (χ3v) is 12.8. The highest BCUT2D eigenvalue weighted by atomic mass is 32.2. The van der Waals surface area contributed by atoms with Crippen LogP contribution in [0.5, 0.6) is 0 Å². The molecule has 10 rings (SSSR count). The Balaban J connectivity index is 0.000000177. The first-order valence-corrected chi connectivity index (χ1v) is 26.7. The highest BCUT2D eigenvalue weighted by Gasteiger charge is 2.36. The molecule has 0 saturated carbocycles. The molecule has 4 N–H and O–H groups in total. The number of pyridine rings is 4. The summed E-state index contributed by atoms with van der Waals surface area (Å²) in [6.07, 6.45) is 5.09. The molecule has 0 bridgehead atoms. The maximum atomic E-state index is 13.1. The third-order valence-electron chi connectivity index (χ3n) is 10.9. The largest absolute Gasteiger partial charge is 0.435 e. The lowest BCUT2D eigenvalue weighted by Gasteiger charge is -2.09. The minimum atomic E-state index is -4.61. The lowest BCUT2D eigenvalue weighted by atomic mass is 10.1. The van der Waals surface area contributed by atoms with E-state index in [1.807, 2.05) is 62.4 Å². The average molecular weight is 1130 g/mol. The molecule has 0 spiro atoms. The van der Waals surface area contributed by atoms with Crippen molar-refractivity contribution in [3.63, 3.8) is 0 Å². The Bertz CT molecular complexity index is 3490. The van der Waals surface area contributed by atoms with Crippen molar-refractivity contribution in [1.29, 1.82) is 0 Å². The maximum absolute atomic E-state index is 13.1. The molecule has 23 heteroatoms. The number of nitrogens with zero attached hydrogens (tertiary/aromatic N) is 8. The summed E-state index contributed by atoms with van der Waals surface area (Å²) in [7, 11) is -7.79. The number of sulfonamides is 2. The molecule has 0 amide bonds. The Morgan fingerprint density at radius 1 is 0.400 bits per heavy atom. The summed E-state index contributed by atoms with van der Waals surface area (Å²) in [5.74, 6) is 0.167. The van der Waals surface area contributed by atoms with Crippen LogP contribution < -0.4 is 10.3 Å². The number of primary sulfonamides is 2. The summed E-state index contributed by atoms with van der Waals surface area (Å²) in [5.41, 5.74) is 6.69. The zero-order chi connectivity index (χ0) is 58.3. The van der Waals surface area contributed by atoms with Gasteiger partial charge in [0.2, 0.25) is 20.0 Å². The van der Waals surface area contributed by atoms with Gasteiger partial charge in [0.25, 0.3) is 0 Å². The molecular weight excluding hydrogens is 1080 g/mol. The molecule has 0 saturated heterocycles. The van der Waals surface area contributed by atoms with Crippen LogP contribution in [0.2, 0.25) is 0 Å². The van der Waals surface area contributed by atoms with E-state index in [-0.39, 0.29) is 38.3 Å². The number of ketones is 1. The predicted octanol–water partition coefficient (Wildman–Crippen LogP) is 11.9. The van der Waals surface area contributed by atoms with Gasteiger partial charge in [-0.3, -0.25) is 19.9 Å². The summed E-state index contributed by atoms with van der Waals surface area (Å²) in [6.45, 7) is 6.79. The van der Waals surface area contributed by atoms with Gasteiger partial charge in [0.1, 0.15) is 5.78 Å². The van der Waals surface area contributed by atoms with E-state index in [0.717, 1.165) is 32.6 Å². The summed E-state index contributed by atoms with van der Waals surface area (Å²) >= 11 is 0. The molecule has 0 aliphatic heterocycles. The topological polar surface area (TPSA) is 225 Å². The molecule has 0 aliphatic carbocycles. The minimum absolute atomic E-state index is 0.138. The number of Topliss-reactive ketones (excluding diaryl/α,β-unsaturated/α-hetero) is 1. The number of carbonyl (C=O) groups is 1. The van der Waals surface area contributed by atoms with E-state index >= 15 is 0 Å². The molecule has 0 fully saturated rings. The van der Waals surface area contributed by atoms with Crippen LogP contribution in [0, 0.1) is 13.8 Å². The lowest BCUT2D eigenvalue weighted by Crippen LogP contribution is -2.12. The number of benzene rings is 4. The number of alkyl halides is 6. The number of hydrogen-bond donors (Lipinski definition) is 2. The number of rotatable bonds is 8. The average Bonchev–Trinajstić information content (AvgIpc) is 4.16. The van der Waals surface area contributed by atoms with Crippen LogP contribution in [-0.2, 0) is 37.2 Å². The standard InChI is InChI=1S/2C17H14F3N3O2S.2C10H8N2.C3H6O/c2*1-11-2-4-12(5-3-11)15-10-16(17(18,19)20)22-23(15)13-6-8-14(9-7-13)26(21,24)25;2*1-5-11-6-2-9(1)10-3-7-12-8-4-10;1-3(2)4/h2*2-10H,1H3,(H2,21,24,25);2*1-8H;1-2H3. The van der Waals surface area contributed by atoms with Crippen LogP contribution in [0.1, 0.15) is 36.4 Å². The van der Waals surface area contributed by atoms with Crippen LogP contribution in [0.25, 0.3) is 56.1 Å². The van der Waals surface area contributed by atoms with Crippen molar-refractivity contribution in [1.82, 2.24) is 39.5 Å². The summed E-state index contributed by atoms with van der Waals surface area (Å²) < 4.78 is 126. The van der Waals surface area contributed by atoms with E-state index in [0.29, 0.717) is 11.1 Å². The second-order valence-electron chi connectivity index (χ2n) is 17.3. The molecule has 6 aromatic heterocycles. The van der Waals surface area contributed by atoms with Gasteiger partial charge >= 0.3 is 12.4 Å². The first-order valence-electron chi connectivity index (χ1n) is 23.6. The normalized spacial score (nSPS) is 11.2. The second-order valence-corrected chi connectivity index (χ2v) is 20.4. The molecule has 4 aromatic carbocycles. The highest BCUT2D eigenvalue weighted by molar-refractivity contribution is 7.89. The van der Waals surface area contributed by atoms with Gasteiger partial charge in [-0.05, 0) is 159 Å². The first-order chi connectivity index (χ1) is 37.8. The molecular formula is C57H50F6N10O5S2. The van der Waals surface area contributed by atoms with Gasteiger partial charge in [0.15, 0.2) is 11.4 Å². The molecule has 80 heavy (non-hydrogen) atoms. The number of aryl methyl sites for hydroxylation is 2. The zero-order valence-electron chi connectivity index (χ0n) is 43.0. The summed E-state index contributed by atoms with van der Waals surface area (Å²) in [5, 5.41) is 17.4. The fraction of sp³-hybridized carbons (Fsp3) is 0.105. The van der Waals surface area contributed by atoms with E-state index < -0.39 is 43.8 Å². The fourth-order valence-corrected chi connectivity index (χ4v) is 8.06. The van der Waals surface area contributed by atoms with Crippen molar-refractivity contribution in [2.45, 2.75) is 49.8 Å². The van der Waals surface area contributed by atoms with E-state index in [4.69, 9.17) is 10.3 Å². The first kappa shape index (κ1) is 60.2. The van der Waals surface area contributed by atoms with Crippen molar-refractivity contribution < 1.29 is 48.0 Å². The molecule has 0 radical (unpaired) electrons. The smallest absolute Gasteiger partial charge is 0.300 e. The number of nitrogens with two attached hydrogens (primary N) is 2. The Labute approximate surface area is 457 Å². The maximum Gasteiger partial charge on any atom is 0.435 e. The highest BCUT2D eigenvalue weighted by Crippen LogP contribution is 2.35. The lowest BCUT2D eigenvalue weighted by molar-refractivity contribution is -0.142. The van der Waals surface area contributed by atoms with Crippen molar-refractivity contribution in [2.24, 2.45) is 10.3 Å². The molecule has 0 aliphatic rings. The Morgan fingerprint density at radius 2 is 0.637 bits per heavy atom. The Hall–Kier alpha value is -9.03. The van der Waals surface area contributed by atoms with E-state index in [1.54, 1.807) is 98.1 Å². The number of halogens is 6. The van der Waals surface area contributed by atoms with Crippen molar-refractivity contribution in [2.75, 3.05) is 0 Å². The van der Waals surface area contributed by atoms with Gasteiger partial charge in [0, 0.05) is 60.7 Å². The quantitative estimate of drug-likeness (QED) is 0.136. The van der Waals surface area contributed by atoms with Crippen LogP contribution >= 0.6 is 0 Å². The molecule has 0 atom stereocenters. The molecule has 15 nitrogen and oxygen atoms in total.